The molecule has 0 aromatic carbocycles. The minimum atomic E-state index is -1.26. The van der Waals surface area contributed by atoms with Gasteiger partial charge in [0, 0.05) is 0 Å². The molecule has 0 spiro atoms. The van der Waals surface area contributed by atoms with Gasteiger partial charge in [-0.2, -0.15) is 5.06 Å². The number of hydrogen-bond donors (Lipinski definition) is 3. The average Bonchev–Trinajstić information content (AvgIpc) is 2.19. The molecule has 0 saturated carbocycles. The largest absolute Gasteiger partial charge is 0.442 e. The third-order valence-electron chi connectivity index (χ3n) is 2.23. The molecule has 1 aliphatic rings. The molecule has 0 aliphatic carbocycles. The summed E-state index contributed by atoms with van der Waals surface area (Å²) in [5, 5.41) is 28.8. The molecule has 1 aliphatic heterocycles. The molecule has 1 saturated heterocycles. The second kappa shape index (κ2) is 5.18. The van der Waals surface area contributed by atoms with Gasteiger partial charge in [-0.05, 0) is 20.8 Å². The van der Waals surface area contributed by atoms with E-state index >= 15 is 0 Å². The first-order valence-electron chi connectivity index (χ1n) is 5.38. The normalized spacial score (nSPS) is 30.2. The monoisotopic (exact) mass is 249 g/mol. The highest BCUT2D eigenvalue weighted by Gasteiger charge is 2.41. The van der Waals surface area contributed by atoms with E-state index in [2.05, 4.69) is 0 Å². The highest BCUT2D eigenvalue weighted by Crippen LogP contribution is 2.19. The van der Waals surface area contributed by atoms with Crippen molar-refractivity contribution in [3.05, 3.63) is 0 Å². The summed E-state index contributed by atoms with van der Waals surface area (Å²) >= 11 is 0. The summed E-state index contributed by atoms with van der Waals surface area (Å²) in [4.78, 5) is 16.7. The van der Waals surface area contributed by atoms with Crippen LogP contribution in [0.15, 0.2) is 0 Å². The Balaban J connectivity index is 2.72. The van der Waals surface area contributed by atoms with Crippen LogP contribution in [0.25, 0.3) is 0 Å². The highest BCUT2D eigenvalue weighted by molar-refractivity contribution is 5.67. The first-order valence-corrected chi connectivity index (χ1v) is 5.38. The van der Waals surface area contributed by atoms with Crippen LogP contribution in [0.3, 0.4) is 0 Å². The number of ether oxygens (including phenoxy) is 1. The Bertz CT molecular complexity index is 276. The van der Waals surface area contributed by atoms with Gasteiger partial charge in [0.1, 0.15) is 30.5 Å². The van der Waals surface area contributed by atoms with Crippen LogP contribution in [0.2, 0.25) is 0 Å². The fraction of sp³-hybridized carbons (Fsp3) is 0.900. The van der Waals surface area contributed by atoms with E-state index in [-0.39, 0.29) is 6.61 Å². The van der Waals surface area contributed by atoms with E-state index in [4.69, 9.17) is 14.7 Å². The predicted octanol–water partition coefficient (Wildman–Crippen LogP) is -0.749. The number of aliphatic hydroxyl groups excluding tert-OH is 3. The second-order valence-electron chi connectivity index (χ2n) is 4.91. The maximum absolute atomic E-state index is 11.7. The zero-order valence-electron chi connectivity index (χ0n) is 10.2. The summed E-state index contributed by atoms with van der Waals surface area (Å²) in [7, 11) is 0. The van der Waals surface area contributed by atoms with Crippen molar-refractivity contribution in [1.82, 2.24) is 5.06 Å². The number of amides is 1. The SMILES string of the molecule is CC(C)(C)OC(=O)N1OC[C@H](O)[C@H](O)[C@H]1CO. The molecule has 17 heavy (non-hydrogen) atoms. The molecule has 7 nitrogen and oxygen atoms in total. The first-order chi connectivity index (χ1) is 7.76. The lowest BCUT2D eigenvalue weighted by Crippen LogP contribution is -2.59. The number of nitrogens with zero attached hydrogens (tertiary/aromatic N) is 1. The van der Waals surface area contributed by atoms with E-state index < -0.39 is 36.6 Å². The Morgan fingerprint density at radius 2 is 2.06 bits per heavy atom. The van der Waals surface area contributed by atoms with Crippen molar-refractivity contribution in [1.29, 1.82) is 0 Å². The van der Waals surface area contributed by atoms with Crippen molar-refractivity contribution >= 4 is 6.09 Å². The maximum atomic E-state index is 11.7. The summed E-state index contributed by atoms with van der Waals surface area (Å²) in [5.74, 6) is 0. The molecule has 0 bridgehead atoms. The molecule has 3 N–H and O–H groups in total. The van der Waals surface area contributed by atoms with E-state index in [1.54, 1.807) is 20.8 Å². The van der Waals surface area contributed by atoms with Crippen molar-refractivity contribution in [2.75, 3.05) is 13.2 Å². The Morgan fingerprint density at radius 3 is 2.53 bits per heavy atom. The summed E-state index contributed by atoms with van der Waals surface area (Å²) in [6, 6.07) is -1.03. The lowest BCUT2D eigenvalue weighted by atomic mass is 10.1. The third-order valence-corrected chi connectivity index (χ3v) is 2.23. The quantitative estimate of drug-likeness (QED) is 0.565. The molecule has 0 radical (unpaired) electrons. The molecule has 0 unspecified atom stereocenters. The predicted molar refractivity (Wildman–Crippen MR) is 56.9 cm³/mol. The van der Waals surface area contributed by atoms with E-state index in [1.165, 1.54) is 0 Å². The standard InChI is InChI=1S/C10H19NO6/c1-10(2,3)17-9(15)11-6(4-12)8(14)7(13)5-16-11/h6-8,12-14H,4-5H2,1-3H3/t6-,7+,8-/m1/s1. The maximum Gasteiger partial charge on any atom is 0.434 e. The van der Waals surface area contributed by atoms with Crippen LogP contribution in [0.4, 0.5) is 4.79 Å². The number of carbonyl (C=O) groups is 1. The number of carbonyl (C=O) groups excluding carboxylic acids is 1. The number of rotatable bonds is 1. The van der Waals surface area contributed by atoms with E-state index in [0.717, 1.165) is 5.06 Å². The smallest absolute Gasteiger partial charge is 0.434 e. The Labute approximate surface area is 99.5 Å². The van der Waals surface area contributed by atoms with Crippen LogP contribution >= 0.6 is 0 Å². The molecule has 0 aromatic rings. The van der Waals surface area contributed by atoms with Gasteiger partial charge >= 0.3 is 6.09 Å². The molecular weight excluding hydrogens is 230 g/mol. The van der Waals surface area contributed by atoms with E-state index in [0.29, 0.717) is 0 Å². The van der Waals surface area contributed by atoms with Crippen LogP contribution < -0.4 is 0 Å². The molecule has 1 rings (SSSR count). The summed E-state index contributed by atoms with van der Waals surface area (Å²) in [5.41, 5.74) is -0.707. The van der Waals surface area contributed by atoms with Crippen LogP contribution in [0, 0.1) is 0 Å². The number of aliphatic hydroxyl groups is 3. The molecule has 1 heterocycles. The van der Waals surface area contributed by atoms with Gasteiger partial charge in [0.05, 0.1) is 6.61 Å². The Kier molecular flexibility index (Phi) is 4.31. The molecular formula is C10H19NO6. The second-order valence-corrected chi connectivity index (χ2v) is 4.91. The van der Waals surface area contributed by atoms with Gasteiger partial charge in [-0.25, -0.2) is 4.79 Å². The Hall–Kier alpha value is -0.890. The van der Waals surface area contributed by atoms with Gasteiger partial charge in [0.25, 0.3) is 0 Å². The fourth-order valence-electron chi connectivity index (χ4n) is 1.42. The average molecular weight is 249 g/mol. The van der Waals surface area contributed by atoms with E-state index in [9.17, 15) is 15.0 Å². The minimum Gasteiger partial charge on any atom is -0.442 e. The van der Waals surface area contributed by atoms with Crippen LogP contribution in [0.5, 0.6) is 0 Å². The van der Waals surface area contributed by atoms with Gasteiger partial charge in [-0.15, -0.1) is 0 Å². The third kappa shape index (κ3) is 3.53. The molecule has 100 valence electrons. The Morgan fingerprint density at radius 1 is 1.47 bits per heavy atom. The summed E-state index contributed by atoms with van der Waals surface area (Å²) in [6.45, 7) is 4.31. The molecule has 0 aromatic heterocycles. The lowest BCUT2D eigenvalue weighted by molar-refractivity contribution is -0.258. The van der Waals surface area contributed by atoms with E-state index in [1.807, 2.05) is 0 Å². The van der Waals surface area contributed by atoms with Gasteiger partial charge < -0.3 is 20.1 Å². The zero-order valence-corrected chi connectivity index (χ0v) is 10.2. The number of hydroxylamine groups is 2. The van der Waals surface area contributed by atoms with Crippen molar-refractivity contribution in [2.24, 2.45) is 0 Å². The molecule has 7 heteroatoms. The van der Waals surface area contributed by atoms with Crippen molar-refractivity contribution in [2.45, 2.75) is 44.6 Å². The fourth-order valence-corrected chi connectivity index (χ4v) is 1.42. The summed E-state index contributed by atoms with van der Waals surface area (Å²) < 4.78 is 5.05. The van der Waals surface area contributed by atoms with Crippen LogP contribution in [-0.4, -0.2) is 63.5 Å². The molecule has 1 amide bonds. The summed E-state index contributed by atoms with van der Waals surface area (Å²) in [6.07, 6.45) is -3.20. The topological polar surface area (TPSA) is 99.5 Å². The first kappa shape index (κ1) is 14.2. The minimum absolute atomic E-state index is 0.225. The highest BCUT2D eigenvalue weighted by atomic mass is 16.7. The zero-order chi connectivity index (χ0) is 13.2. The molecule has 3 atom stereocenters. The van der Waals surface area contributed by atoms with Crippen molar-refractivity contribution in [3.63, 3.8) is 0 Å². The van der Waals surface area contributed by atoms with Gasteiger partial charge in [0.2, 0.25) is 0 Å². The van der Waals surface area contributed by atoms with Crippen molar-refractivity contribution in [3.8, 4) is 0 Å². The lowest BCUT2D eigenvalue weighted by Gasteiger charge is -2.39. The number of hydrogen-bond acceptors (Lipinski definition) is 6. The molecule has 1 fully saturated rings. The van der Waals surface area contributed by atoms with Crippen molar-refractivity contribution < 1.29 is 29.7 Å². The van der Waals surface area contributed by atoms with Crippen LogP contribution in [-0.2, 0) is 9.57 Å². The van der Waals surface area contributed by atoms with Gasteiger partial charge in [0.15, 0.2) is 0 Å². The van der Waals surface area contributed by atoms with Gasteiger partial charge in [-0.3, -0.25) is 4.84 Å². The van der Waals surface area contributed by atoms with Gasteiger partial charge in [-0.1, -0.05) is 0 Å². The van der Waals surface area contributed by atoms with Crippen LogP contribution in [0.1, 0.15) is 20.8 Å².